The van der Waals surface area contributed by atoms with Crippen molar-refractivity contribution in [3.63, 3.8) is 0 Å². The summed E-state index contributed by atoms with van der Waals surface area (Å²) < 4.78 is 5.38. The first-order valence-electron chi connectivity index (χ1n) is 3.33. The van der Waals surface area contributed by atoms with Crippen molar-refractivity contribution in [2.75, 3.05) is 6.61 Å². The van der Waals surface area contributed by atoms with Gasteiger partial charge in [-0.2, -0.15) is 0 Å². The van der Waals surface area contributed by atoms with Crippen LogP contribution in [0.2, 0.25) is 12.6 Å². The first-order chi connectivity index (χ1) is 3.72. The molecule has 8 heavy (non-hydrogen) atoms. The summed E-state index contributed by atoms with van der Waals surface area (Å²) >= 11 is 0. The van der Waals surface area contributed by atoms with Crippen LogP contribution in [-0.4, -0.2) is 13.5 Å². The lowest BCUT2D eigenvalue weighted by molar-refractivity contribution is 0.320. The van der Waals surface area contributed by atoms with Crippen molar-refractivity contribution < 1.29 is 4.65 Å². The van der Waals surface area contributed by atoms with E-state index in [0.29, 0.717) is 6.92 Å². The third-order valence-electron chi connectivity index (χ3n) is 2.26. The van der Waals surface area contributed by atoms with Crippen LogP contribution in [-0.2, 0) is 4.65 Å². The van der Waals surface area contributed by atoms with Gasteiger partial charge >= 0.3 is 0 Å². The van der Waals surface area contributed by atoms with Crippen molar-refractivity contribution in [1.82, 2.24) is 0 Å². The van der Waals surface area contributed by atoms with Crippen LogP contribution < -0.4 is 0 Å². The molecule has 1 fully saturated rings. The zero-order valence-corrected chi connectivity index (χ0v) is 5.85. The second-order valence-electron chi connectivity index (χ2n) is 2.87. The minimum Gasteiger partial charge on any atom is -0.436 e. The Kier molecular flexibility index (Phi) is 1.61. The molecule has 0 bridgehead atoms. The van der Waals surface area contributed by atoms with Crippen LogP contribution in [0.25, 0.3) is 0 Å². The standard InChI is InChI=1S/C6H13BO/c1-5-4-8-7(3)6(5)2/h5-6H,4H2,1-3H3. The molecule has 0 spiro atoms. The summed E-state index contributed by atoms with van der Waals surface area (Å²) in [6.07, 6.45) is 0. The largest absolute Gasteiger partial charge is 0.436 e. The van der Waals surface area contributed by atoms with Gasteiger partial charge in [-0.3, -0.25) is 0 Å². The van der Waals surface area contributed by atoms with Gasteiger partial charge < -0.3 is 4.65 Å². The van der Waals surface area contributed by atoms with Gasteiger partial charge in [-0.1, -0.05) is 20.7 Å². The van der Waals surface area contributed by atoms with Gasteiger partial charge in [-0.15, -0.1) is 0 Å². The highest BCUT2D eigenvalue weighted by Crippen LogP contribution is 2.28. The van der Waals surface area contributed by atoms with E-state index in [1.54, 1.807) is 0 Å². The van der Waals surface area contributed by atoms with Crippen molar-refractivity contribution in [3.05, 3.63) is 0 Å². The van der Waals surface area contributed by atoms with Crippen molar-refractivity contribution in [2.45, 2.75) is 26.5 Å². The molecule has 0 aromatic rings. The molecule has 1 aliphatic heterocycles. The topological polar surface area (TPSA) is 9.23 Å². The molecule has 46 valence electrons. The summed E-state index contributed by atoms with van der Waals surface area (Å²) in [5.74, 6) is 1.53. The molecule has 2 unspecified atom stereocenters. The lowest BCUT2D eigenvalue weighted by Gasteiger charge is -2.05. The lowest BCUT2D eigenvalue weighted by atomic mass is 9.58. The average molecular weight is 112 g/mol. The van der Waals surface area contributed by atoms with E-state index in [2.05, 4.69) is 20.7 Å². The van der Waals surface area contributed by atoms with Gasteiger partial charge in [0.05, 0.1) is 0 Å². The Hall–Kier alpha value is 0.0249. The summed E-state index contributed by atoms with van der Waals surface area (Å²) in [6.45, 7) is 8.09. The van der Waals surface area contributed by atoms with E-state index in [0.717, 1.165) is 18.3 Å². The summed E-state index contributed by atoms with van der Waals surface area (Å²) in [6, 6.07) is 0. The Morgan fingerprint density at radius 2 is 2.12 bits per heavy atom. The van der Waals surface area contributed by atoms with Crippen molar-refractivity contribution in [3.8, 4) is 0 Å². The highest BCUT2D eigenvalue weighted by molar-refractivity contribution is 6.52. The molecule has 0 saturated carbocycles. The van der Waals surface area contributed by atoms with E-state index in [4.69, 9.17) is 4.65 Å². The Bertz CT molecular complexity index is 74.6. The van der Waals surface area contributed by atoms with Gasteiger partial charge in [0.25, 0.3) is 6.92 Å². The van der Waals surface area contributed by atoms with E-state index >= 15 is 0 Å². The highest BCUT2D eigenvalue weighted by Gasteiger charge is 2.30. The van der Waals surface area contributed by atoms with Gasteiger partial charge in [-0.25, -0.2) is 0 Å². The van der Waals surface area contributed by atoms with Crippen LogP contribution in [0.4, 0.5) is 0 Å². The molecule has 1 nitrogen and oxygen atoms in total. The number of rotatable bonds is 0. The Morgan fingerprint density at radius 3 is 2.25 bits per heavy atom. The molecule has 0 radical (unpaired) electrons. The second-order valence-corrected chi connectivity index (χ2v) is 2.87. The van der Waals surface area contributed by atoms with Crippen LogP contribution in [0.3, 0.4) is 0 Å². The molecule has 2 heteroatoms. The third kappa shape index (κ3) is 0.897. The monoisotopic (exact) mass is 112 g/mol. The van der Waals surface area contributed by atoms with Crippen molar-refractivity contribution in [2.24, 2.45) is 5.92 Å². The summed E-state index contributed by atoms with van der Waals surface area (Å²) in [7, 11) is 0. The van der Waals surface area contributed by atoms with Crippen LogP contribution in [0.1, 0.15) is 13.8 Å². The van der Waals surface area contributed by atoms with Gasteiger partial charge in [0.2, 0.25) is 0 Å². The van der Waals surface area contributed by atoms with Crippen molar-refractivity contribution >= 4 is 6.92 Å². The van der Waals surface area contributed by atoms with Crippen LogP contribution in [0.5, 0.6) is 0 Å². The number of hydrogen-bond acceptors (Lipinski definition) is 1. The lowest BCUT2D eigenvalue weighted by Crippen LogP contribution is -2.10. The Balaban J connectivity index is 2.44. The van der Waals surface area contributed by atoms with Gasteiger partial charge in [-0.05, 0) is 11.7 Å². The van der Waals surface area contributed by atoms with Crippen LogP contribution in [0.15, 0.2) is 0 Å². The minimum absolute atomic E-state index is 0.491. The molecule has 1 aliphatic rings. The predicted molar refractivity (Wildman–Crippen MR) is 36.2 cm³/mol. The Morgan fingerprint density at radius 1 is 1.50 bits per heavy atom. The molecule has 0 amide bonds. The molecule has 2 atom stereocenters. The van der Waals surface area contributed by atoms with Crippen LogP contribution in [0, 0.1) is 5.92 Å². The molecule has 1 saturated heterocycles. The zero-order valence-electron chi connectivity index (χ0n) is 5.85. The summed E-state index contributed by atoms with van der Waals surface area (Å²) in [4.78, 5) is 0. The quantitative estimate of drug-likeness (QED) is 0.433. The molecule has 0 aliphatic carbocycles. The maximum Gasteiger partial charge on any atom is 0.293 e. The zero-order chi connectivity index (χ0) is 6.15. The average Bonchev–Trinajstić information content (AvgIpc) is 1.98. The Labute approximate surface area is 51.5 Å². The molecular formula is C6H13BO. The molecule has 1 heterocycles. The SMILES string of the molecule is CB1OCC(C)C1C. The number of hydrogen-bond donors (Lipinski definition) is 0. The highest BCUT2D eigenvalue weighted by atomic mass is 16.4. The van der Waals surface area contributed by atoms with Crippen LogP contribution >= 0.6 is 0 Å². The molecule has 1 rings (SSSR count). The first kappa shape index (κ1) is 6.15. The molecule has 0 aromatic carbocycles. The predicted octanol–water partition coefficient (Wildman–Crippen LogP) is 1.66. The fraction of sp³-hybridized carbons (Fsp3) is 1.00. The molecule has 0 aromatic heterocycles. The van der Waals surface area contributed by atoms with E-state index in [1.165, 1.54) is 0 Å². The van der Waals surface area contributed by atoms with Gasteiger partial charge in [0.1, 0.15) is 0 Å². The smallest absolute Gasteiger partial charge is 0.293 e. The van der Waals surface area contributed by atoms with Crippen molar-refractivity contribution in [1.29, 1.82) is 0 Å². The maximum absolute atomic E-state index is 5.38. The van der Waals surface area contributed by atoms with Gasteiger partial charge in [0, 0.05) is 6.61 Å². The maximum atomic E-state index is 5.38. The fourth-order valence-corrected chi connectivity index (χ4v) is 1.07. The summed E-state index contributed by atoms with van der Waals surface area (Å²) in [5.41, 5.74) is 0. The first-order valence-corrected chi connectivity index (χ1v) is 3.33. The minimum atomic E-state index is 0.491. The normalized spacial score (nSPS) is 38.6. The molecular weight excluding hydrogens is 98.9 g/mol. The van der Waals surface area contributed by atoms with E-state index in [9.17, 15) is 0 Å². The van der Waals surface area contributed by atoms with E-state index < -0.39 is 0 Å². The third-order valence-corrected chi connectivity index (χ3v) is 2.26. The fourth-order valence-electron chi connectivity index (χ4n) is 1.07. The van der Waals surface area contributed by atoms with E-state index in [1.807, 2.05) is 0 Å². The van der Waals surface area contributed by atoms with Gasteiger partial charge in [0.15, 0.2) is 0 Å². The summed E-state index contributed by atoms with van der Waals surface area (Å²) in [5, 5.41) is 0. The molecule has 0 N–H and O–H groups in total. The second kappa shape index (κ2) is 2.10. The van der Waals surface area contributed by atoms with E-state index in [-0.39, 0.29) is 0 Å².